The van der Waals surface area contributed by atoms with Gasteiger partial charge in [-0.05, 0) is 31.4 Å². The summed E-state index contributed by atoms with van der Waals surface area (Å²) in [7, 11) is 0. The third-order valence-corrected chi connectivity index (χ3v) is 4.06. The summed E-state index contributed by atoms with van der Waals surface area (Å²) in [6, 6.07) is 5.70. The number of nitrogens with zero attached hydrogens (tertiary/aromatic N) is 1. The molecular formula is C14H12F3NO2. The van der Waals surface area contributed by atoms with Crippen LogP contribution in [-0.2, 0) is 0 Å². The van der Waals surface area contributed by atoms with Gasteiger partial charge < -0.3 is 0 Å². The largest absolute Gasteiger partial charge is 0.391 e. The normalized spacial score (nSPS) is 26.2. The van der Waals surface area contributed by atoms with Crippen molar-refractivity contribution in [1.82, 2.24) is 4.90 Å². The number of rotatable bonds is 1. The fraction of sp³-hybridized carbons (Fsp3) is 0.429. The third kappa shape index (κ3) is 1.90. The van der Waals surface area contributed by atoms with E-state index in [-0.39, 0.29) is 30.4 Å². The van der Waals surface area contributed by atoms with Crippen molar-refractivity contribution in [1.29, 1.82) is 0 Å². The highest BCUT2D eigenvalue weighted by Gasteiger charge is 2.49. The second-order valence-electron chi connectivity index (χ2n) is 5.23. The fourth-order valence-electron chi connectivity index (χ4n) is 3.03. The van der Waals surface area contributed by atoms with Crippen molar-refractivity contribution in [3.05, 3.63) is 35.4 Å². The molecule has 3 rings (SSSR count). The number of fused-ring (bicyclic) bond motifs is 1. The van der Waals surface area contributed by atoms with Gasteiger partial charge in [0.2, 0.25) is 0 Å². The minimum atomic E-state index is -4.26. The van der Waals surface area contributed by atoms with Gasteiger partial charge >= 0.3 is 6.18 Å². The van der Waals surface area contributed by atoms with Crippen LogP contribution in [0.25, 0.3) is 0 Å². The van der Waals surface area contributed by atoms with E-state index in [9.17, 15) is 22.8 Å². The Balaban J connectivity index is 1.84. The molecule has 2 aliphatic rings. The minimum Gasteiger partial charge on any atom is -0.271 e. The highest BCUT2D eigenvalue weighted by Crippen LogP contribution is 2.42. The zero-order valence-electron chi connectivity index (χ0n) is 10.5. The van der Waals surface area contributed by atoms with E-state index in [1.54, 1.807) is 12.1 Å². The van der Waals surface area contributed by atoms with Crippen LogP contribution < -0.4 is 0 Å². The molecule has 2 atom stereocenters. The van der Waals surface area contributed by atoms with Crippen LogP contribution in [0.4, 0.5) is 13.2 Å². The third-order valence-electron chi connectivity index (χ3n) is 4.06. The first kappa shape index (κ1) is 13.1. The maximum Gasteiger partial charge on any atom is 0.391 e. The minimum absolute atomic E-state index is 0.0262. The molecule has 1 saturated carbocycles. The molecule has 1 aliphatic heterocycles. The lowest BCUT2D eigenvalue weighted by molar-refractivity contribution is -0.173. The lowest BCUT2D eigenvalue weighted by atomic mass is 10.1. The standard InChI is InChI=1S/C14H12F3NO2/c15-14(16,17)8-5-6-9(7-8)18-12(19)10-3-1-2-4-11(10)13(18)20/h1-4,8-9H,5-7H2/t8-,9-/m1/s1. The second kappa shape index (κ2) is 4.33. The maximum absolute atomic E-state index is 12.7. The summed E-state index contributed by atoms with van der Waals surface area (Å²) in [6.07, 6.45) is -4.25. The highest BCUT2D eigenvalue weighted by molar-refractivity contribution is 6.21. The molecular weight excluding hydrogens is 271 g/mol. The van der Waals surface area contributed by atoms with Crippen LogP contribution in [0.1, 0.15) is 40.0 Å². The van der Waals surface area contributed by atoms with Crippen molar-refractivity contribution in [2.45, 2.75) is 31.5 Å². The molecule has 6 heteroatoms. The summed E-state index contributed by atoms with van der Waals surface area (Å²) >= 11 is 0. The predicted molar refractivity (Wildman–Crippen MR) is 64.1 cm³/mol. The number of carbonyl (C=O) groups excluding carboxylic acids is 2. The molecule has 0 unspecified atom stereocenters. The second-order valence-corrected chi connectivity index (χ2v) is 5.23. The van der Waals surface area contributed by atoms with Gasteiger partial charge in [-0.25, -0.2) is 0 Å². The molecule has 0 spiro atoms. The molecule has 1 fully saturated rings. The number of hydrogen-bond donors (Lipinski definition) is 0. The SMILES string of the molecule is O=C1c2ccccc2C(=O)N1[C@@H]1CC[C@@H](C(F)(F)F)C1. The quantitative estimate of drug-likeness (QED) is 0.743. The molecule has 0 N–H and O–H groups in total. The molecule has 0 bridgehead atoms. The summed E-state index contributed by atoms with van der Waals surface area (Å²) in [5.41, 5.74) is 0.570. The van der Waals surface area contributed by atoms with Gasteiger partial charge in [-0.15, -0.1) is 0 Å². The van der Waals surface area contributed by atoms with E-state index in [0.29, 0.717) is 0 Å². The molecule has 106 valence electrons. The summed E-state index contributed by atoms with van der Waals surface area (Å²) in [4.78, 5) is 25.4. The zero-order chi connectivity index (χ0) is 14.5. The number of imide groups is 1. The van der Waals surface area contributed by atoms with E-state index in [1.807, 2.05) is 0 Å². The van der Waals surface area contributed by atoms with Crippen LogP contribution in [0.15, 0.2) is 24.3 Å². The first-order valence-corrected chi connectivity index (χ1v) is 6.43. The Hall–Kier alpha value is -1.85. The molecule has 0 aromatic heterocycles. The fourth-order valence-corrected chi connectivity index (χ4v) is 3.03. The van der Waals surface area contributed by atoms with E-state index in [2.05, 4.69) is 0 Å². The van der Waals surface area contributed by atoms with Crippen molar-refractivity contribution in [3.8, 4) is 0 Å². The summed E-state index contributed by atoms with van der Waals surface area (Å²) in [5.74, 6) is -2.37. The van der Waals surface area contributed by atoms with Gasteiger partial charge in [-0.1, -0.05) is 12.1 Å². The van der Waals surface area contributed by atoms with E-state index in [1.165, 1.54) is 12.1 Å². The number of benzene rings is 1. The predicted octanol–water partition coefficient (Wildman–Crippen LogP) is 3.01. The average molecular weight is 283 g/mol. The van der Waals surface area contributed by atoms with Gasteiger partial charge in [-0.2, -0.15) is 13.2 Å². The van der Waals surface area contributed by atoms with Crippen LogP contribution in [0.3, 0.4) is 0 Å². The Morgan fingerprint density at radius 3 is 2.00 bits per heavy atom. The molecule has 1 aliphatic carbocycles. The smallest absolute Gasteiger partial charge is 0.271 e. The van der Waals surface area contributed by atoms with E-state index >= 15 is 0 Å². The van der Waals surface area contributed by atoms with Crippen molar-refractivity contribution in [2.75, 3.05) is 0 Å². The molecule has 0 radical (unpaired) electrons. The van der Waals surface area contributed by atoms with Gasteiger partial charge in [-0.3, -0.25) is 14.5 Å². The monoisotopic (exact) mass is 283 g/mol. The van der Waals surface area contributed by atoms with Gasteiger partial charge in [0, 0.05) is 6.04 Å². The van der Waals surface area contributed by atoms with Crippen molar-refractivity contribution < 1.29 is 22.8 Å². The maximum atomic E-state index is 12.7. The topological polar surface area (TPSA) is 37.4 Å². The van der Waals surface area contributed by atoms with Gasteiger partial charge in [0.25, 0.3) is 11.8 Å². The van der Waals surface area contributed by atoms with E-state index < -0.39 is 30.0 Å². The number of carbonyl (C=O) groups is 2. The lowest BCUT2D eigenvalue weighted by Crippen LogP contribution is -2.38. The van der Waals surface area contributed by atoms with Gasteiger partial charge in [0.05, 0.1) is 17.0 Å². The summed E-state index contributed by atoms with van der Waals surface area (Å²) in [5, 5.41) is 0. The molecule has 1 aromatic carbocycles. The zero-order valence-corrected chi connectivity index (χ0v) is 10.5. The van der Waals surface area contributed by atoms with E-state index in [4.69, 9.17) is 0 Å². The average Bonchev–Trinajstić information content (AvgIpc) is 2.95. The molecule has 0 saturated heterocycles. The Labute approximate surface area is 113 Å². The first-order valence-electron chi connectivity index (χ1n) is 6.43. The van der Waals surface area contributed by atoms with Crippen molar-refractivity contribution in [2.24, 2.45) is 5.92 Å². The molecule has 3 nitrogen and oxygen atoms in total. The molecule has 20 heavy (non-hydrogen) atoms. The van der Waals surface area contributed by atoms with Crippen LogP contribution in [0, 0.1) is 5.92 Å². The Morgan fingerprint density at radius 1 is 1.00 bits per heavy atom. The van der Waals surface area contributed by atoms with Crippen LogP contribution in [-0.4, -0.2) is 28.9 Å². The van der Waals surface area contributed by atoms with Crippen LogP contribution in [0.2, 0.25) is 0 Å². The first-order chi connectivity index (χ1) is 9.39. The lowest BCUT2D eigenvalue weighted by Gasteiger charge is -2.22. The van der Waals surface area contributed by atoms with Crippen LogP contribution >= 0.6 is 0 Å². The molecule has 2 amide bonds. The van der Waals surface area contributed by atoms with E-state index in [0.717, 1.165) is 4.90 Å². The Kier molecular flexibility index (Phi) is 2.84. The van der Waals surface area contributed by atoms with Crippen molar-refractivity contribution in [3.63, 3.8) is 0 Å². The van der Waals surface area contributed by atoms with Crippen LogP contribution in [0.5, 0.6) is 0 Å². The molecule has 1 aromatic rings. The summed E-state index contributed by atoms with van der Waals surface area (Å²) in [6.45, 7) is 0. The summed E-state index contributed by atoms with van der Waals surface area (Å²) < 4.78 is 38.1. The number of hydrogen-bond acceptors (Lipinski definition) is 2. The number of amides is 2. The molecule has 1 heterocycles. The van der Waals surface area contributed by atoms with Gasteiger partial charge in [0.1, 0.15) is 0 Å². The number of halogens is 3. The Bertz CT molecular complexity index is 547. The van der Waals surface area contributed by atoms with Crippen molar-refractivity contribution >= 4 is 11.8 Å². The Morgan fingerprint density at radius 2 is 1.55 bits per heavy atom. The number of alkyl halides is 3. The highest BCUT2D eigenvalue weighted by atomic mass is 19.4. The van der Waals surface area contributed by atoms with Gasteiger partial charge in [0.15, 0.2) is 0 Å².